The minimum atomic E-state index is -7.31. The molecule has 0 unspecified atom stereocenters. The molecule has 0 atom stereocenters. The predicted molar refractivity (Wildman–Crippen MR) is 46.1 cm³/mol. The van der Waals surface area contributed by atoms with Gasteiger partial charge >= 0.3 is 42.8 Å². The molecule has 0 saturated carbocycles. The third kappa shape index (κ3) is 6.42. The summed E-state index contributed by atoms with van der Waals surface area (Å²) in [7, 11) is 0. The van der Waals surface area contributed by atoms with Crippen LogP contribution in [0.25, 0.3) is 0 Å². The second-order valence-corrected chi connectivity index (χ2v) is 4.24. The lowest BCUT2D eigenvalue weighted by Gasteiger charge is -2.33. The van der Waals surface area contributed by atoms with Crippen molar-refractivity contribution >= 4 is 0 Å². The van der Waals surface area contributed by atoms with E-state index >= 15 is 0 Å². The Morgan fingerprint density at radius 3 is 1.07 bits per heavy atom. The number of rotatable bonds is 9. The fourth-order valence-corrected chi connectivity index (χ4v) is 0.820. The average molecular weight is 448 g/mol. The van der Waals surface area contributed by atoms with Gasteiger partial charge in [-0.25, -0.2) is 9.47 Å². The molecular formula is C8H3F15O4. The first-order valence-corrected chi connectivity index (χ1v) is 5.47. The number of aliphatic hydroxyl groups is 1. The van der Waals surface area contributed by atoms with E-state index in [0.29, 0.717) is 0 Å². The van der Waals surface area contributed by atoms with Gasteiger partial charge < -0.3 is 9.84 Å². The van der Waals surface area contributed by atoms with E-state index in [1.54, 1.807) is 0 Å². The minimum absolute atomic E-state index is 1.38. The standard InChI is InChI=1S/C8H3F15O4/c9-2(10,24)1-25-5(16,17)6(18,19)27-8(22,23)7(20,21)26-4(14,15)3(11,12)13/h24H,1H2. The maximum Gasteiger partial charge on any atom is 0.483 e. The molecule has 1 N–H and O–H groups in total. The summed E-state index contributed by atoms with van der Waals surface area (Å²) in [4.78, 5) is 0. The largest absolute Gasteiger partial charge is 0.483 e. The van der Waals surface area contributed by atoms with Crippen LogP contribution in [-0.2, 0) is 14.2 Å². The highest BCUT2D eigenvalue weighted by Crippen LogP contribution is 2.49. The lowest BCUT2D eigenvalue weighted by atomic mass is 10.5. The van der Waals surface area contributed by atoms with Crippen molar-refractivity contribution in [2.24, 2.45) is 0 Å². The van der Waals surface area contributed by atoms with Gasteiger partial charge in [-0.2, -0.15) is 65.9 Å². The monoisotopic (exact) mass is 448 g/mol. The van der Waals surface area contributed by atoms with Gasteiger partial charge in [0.15, 0.2) is 0 Å². The molecule has 0 saturated heterocycles. The van der Waals surface area contributed by atoms with Gasteiger partial charge in [0, 0.05) is 0 Å². The number of halogens is 15. The summed E-state index contributed by atoms with van der Waals surface area (Å²) in [5, 5.41) is 7.66. The number of hydrogen-bond donors (Lipinski definition) is 1. The molecule has 0 fully saturated rings. The maximum absolute atomic E-state index is 12.8. The van der Waals surface area contributed by atoms with Crippen LogP contribution in [0.2, 0.25) is 0 Å². The van der Waals surface area contributed by atoms with E-state index in [4.69, 9.17) is 5.11 Å². The number of ether oxygens (including phenoxy) is 3. The Bertz CT molecular complexity index is 507. The molecular weight excluding hydrogens is 445 g/mol. The van der Waals surface area contributed by atoms with E-state index in [0.717, 1.165) is 0 Å². The third-order valence-corrected chi connectivity index (χ3v) is 1.95. The molecule has 0 aromatic heterocycles. The quantitative estimate of drug-likeness (QED) is 0.539. The van der Waals surface area contributed by atoms with Crippen LogP contribution < -0.4 is 0 Å². The summed E-state index contributed by atoms with van der Waals surface area (Å²) in [5.74, 6) is 0. The molecule has 0 aromatic rings. The van der Waals surface area contributed by atoms with Crippen LogP contribution in [0.4, 0.5) is 65.9 Å². The summed E-state index contributed by atoms with van der Waals surface area (Å²) < 4.78 is 190. The van der Waals surface area contributed by atoms with Gasteiger partial charge in [0.2, 0.25) is 0 Å². The second kappa shape index (κ2) is 6.99. The zero-order chi connectivity index (χ0) is 22.3. The van der Waals surface area contributed by atoms with Crippen LogP contribution in [0.5, 0.6) is 0 Å². The molecule has 164 valence electrons. The summed E-state index contributed by atoms with van der Waals surface area (Å²) >= 11 is 0. The van der Waals surface area contributed by atoms with Gasteiger partial charge in [-0.1, -0.05) is 0 Å². The van der Waals surface area contributed by atoms with E-state index < -0.39 is 49.4 Å². The fraction of sp³-hybridized carbons (Fsp3) is 1.00. The highest BCUT2D eigenvalue weighted by Gasteiger charge is 2.75. The van der Waals surface area contributed by atoms with Crippen molar-refractivity contribution in [2.45, 2.75) is 42.8 Å². The SMILES string of the molecule is OC(F)(F)COC(F)(F)C(F)(F)OC(F)(F)C(F)(F)OC(F)(F)C(F)(F)F. The summed E-state index contributed by atoms with van der Waals surface area (Å²) in [5.41, 5.74) is 0. The van der Waals surface area contributed by atoms with Crippen LogP contribution in [0.1, 0.15) is 0 Å². The summed E-state index contributed by atoms with van der Waals surface area (Å²) in [6.45, 7) is -3.02. The topological polar surface area (TPSA) is 47.9 Å². The average Bonchev–Trinajstić information content (AvgIpc) is 2.31. The first-order valence-electron chi connectivity index (χ1n) is 5.47. The second-order valence-electron chi connectivity index (χ2n) is 4.24. The van der Waals surface area contributed by atoms with Gasteiger partial charge in [-0.05, 0) is 0 Å². The van der Waals surface area contributed by atoms with Gasteiger partial charge in [0.05, 0.1) is 0 Å². The van der Waals surface area contributed by atoms with Crippen LogP contribution in [0.3, 0.4) is 0 Å². The molecule has 0 rings (SSSR count). The third-order valence-electron chi connectivity index (χ3n) is 1.95. The molecule has 0 aliphatic carbocycles. The minimum Gasteiger partial charge on any atom is -0.334 e. The zero-order valence-corrected chi connectivity index (χ0v) is 11.5. The molecule has 0 spiro atoms. The molecule has 0 heterocycles. The predicted octanol–water partition coefficient (Wildman–Crippen LogP) is 4.15. The van der Waals surface area contributed by atoms with Crippen LogP contribution in [0.15, 0.2) is 0 Å². The first-order chi connectivity index (χ1) is 11.4. The van der Waals surface area contributed by atoms with Gasteiger partial charge in [0.1, 0.15) is 6.61 Å². The Morgan fingerprint density at radius 1 is 0.481 bits per heavy atom. The fourth-order valence-electron chi connectivity index (χ4n) is 0.820. The number of alkyl halides is 15. The van der Waals surface area contributed by atoms with Crippen LogP contribution in [0, 0.1) is 0 Å². The van der Waals surface area contributed by atoms with Crippen molar-refractivity contribution < 1.29 is 85.2 Å². The van der Waals surface area contributed by atoms with Gasteiger partial charge in [-0.3, -0.25) is 0 Å². The normalized spacial score (nSPS) is 16.0. The van der Waals surface area contributed by atoms with Crippen molar-refractivity contribution in [3.05, 3.63) is 0 Å². The lowest BCUT2D eigenvalue weighted by molar-refractivity contribution is -0.559. The molecule has 0 aliphatic heterocycles. The van der Waals surface area contributed by atoms with Crippen LogP contribution >= 0.6 is 0 Å². The highest BCUT2D eigenvalue weighted by molar-refractivity contribution is 4.77. The van der Waals surface area contributed by atoms with E-state index in [-0.39, 0.29) is 0 Å². The zero-order valence-electron chi connectivity index (χ0n) is 11.5. The molecule has 4 nitrogen and oxygen atoms in total. The Balaban J connectivity index is 5.52. The Morgan fingerprint density at radius 2 is 0.778 bits per heavy atom. The van der Waals surface area contributed by atoms with Crippen LogP contribution in [-0.4, -0.2) is 54.5 Å². The van der Waals surface area contributed by atoms with Crippen molar-refractivity contribution in [2.75, 3.05) is 6.61 Å². The van der Waals surface area contributed by atoms with Crippen molar-refractivity contribution in [3.63, 3.8) is 0 Å². The van der Waals surface area contributed by atoms with Crippen molar-refractivity contribution in [3.8, 4) is 0 Å². The molecule has 0 amide bonds. The van der Waals surface area contributed by atoms with Gasteiger partial charge in [0.25, 0.3) is 0 Å². The molecule has 27 heavy (non-hydrogen) atoms. The van der Waals surface area contributed by atoms with Gasteiger partial charge in [-0.15, -0.1) is 0 Å². The molecule has 0 aromatic carbocycles. The molecule has 0 aliphatic rings. The molecule has 0 radical (unpaired) electrons. The van der Waals surface area contributed by atoms with E-state index in [1.165, 1.54) is 9.47 Å². The van der Waals surface area contributed by atoms with E-state index in [1.807, 2.05) is 0 Å². The smallest absolute Gasteiger partial charge is 0.334 e. The first kappa shape index (κ1) is 25.8. The van der Waals surface area contributed by atoms with E-state index in [9.17, 15) is 65.9 Å². The Labute approximate surface area is 136 Å². The molecule has 0 bridgehead atoms. The lowest BCUT2D eigenvalue weighted by Crippen LogP contribution is -2.58. The van der Waals surface area contributed by atoms with Crippen molar-refractivity contribution in [1.29, 1.82) is 0 Å². The van der Waals surface area contributed by atoms with Crippen molar-refractivity contribution in [1.82, 2.24) is 0 Å². The summed E-state index contributed by atoms with van der Waals surface area (Å²) in [6, 6.07) is 0. The Kier molecular flexibility index (Phi) is 6.68. The highest BCUT2D eigenvalue weighted by atomic mass is 19.4. The molecule has 19 heteroatoms. The maximum atomic E-state index is 12.8. The van der Waals surface area contributed by atoms with E-state index in [2.05, 4.69) is 4.74 Å². The summed E-state index contributed by atoms with van der Waals surface area (Å²) in [6.07, 6.45) is -47.7. The number of hydrogen-bond acceptors (Lipinski definition) is 4. The Hall–Kier alpha value is -1.21.